The summed E-state index contributed by atoms with van der Waals surface area (Å²) in [6, 6.07) is 7.61. The molecule has 3 N–H and O–H groups in total. The lowest BCUT2D eigenvalue weighted by Gasteiger charge is -2.21. The monoisotopic (exact) mass is 302 g/mol. The lowest BCUT2D eigenvalue weighted by molar-refractivity contribution is 0.0831. The average molecular weight is 302 g/mol. The van der Waals surface area contributed by atoms with Crippen molar-refractivity contribution in [2.75, 3.05) is 0 Å². The van der Waals surface area contributed by atoms with E-state index in [1.165, 1.54) is 24.5 Å². The molecule has 0 fully saturated rings. The van der Waals surface area contributed by atoms with E-state index in [2.05, 4.69) is 10.9 Å². The quantitative estimate of drug-likeness (QED) is 0.743. The summed E-state index contributed by atoms with van der Waals surface area (Å²) in [5.41, 5.74) is 5.24. The largest absolute Gasteiger partial charge is 0.508 e. The molecule has 2 aromatic rings. The number of furan rings is 1. The molecule has 0 aliphatic carbocycles. The van der Waals surface area contributed by atoms with Gasteiger partial charge in [0, 0.05) is 11.1 Å². The van der Waals surface area contributed by atoms with Gasteiger partial charge in [-0.05, 0) is 35.7 Å². The Morgan fingerprint density at radius 2 is 1.77 bits per heavy atom. The van der Waals surface area contributed by atoms with Gasteiger partial charge in [-0.15, -0.1) is 0 Å². The molecule has 0 spiro atoms. The molecule has 0 unspecified atom stereocenters. The summed E-state index contributed by atoms with van der Waals surface area (Å²) in [5, 5.41) is 9.88. The van der Waals surface area contributed by atoms with E-state index in [0.717, 1.165) is 0 Å². The molecule has 22 heavy (non-hydrogen) atoms. The maximum atomic E-state index is 12.1. The summed E-state index contributed by atoms with van der Waals surface area (Å²) >= 11 is 0. The molecule has 1 aromatic carbocycles. The molecule has 2 amide bonds. The van der Waals surface area contributed by atoms with Gasteiger partial charge in [0.15, 0.2) is 5.76 Å². The second-order valence-corrected chi connectivity index (χ2v) is 5.87. The van der Waals surface area contributed by atoms with Crippen LogP contribution in [0.2, 0.25) is 0 Å². The molecule has 2 rings (SSSR count). The van der Waals surface area contributed by atoms with E-state index in [4.69, 9.17) is 4.42 Å². The molecule has 0 bridgehead atoms. The number of hydrogen-bond acceptors (Lipinski definition) is 4. The van der Waals surface area contributed by atoms with Crippen LogP contribution in [0.1, 0.15) is 47.2 Å². The Kier molecular flexibility index (Phi) is 4.21. The van der Waals surface area contributed by atoms with Crippen molar-refractivity contribution in [2.45, 2.75) is 26.2 Å². The normalized spacial score (nSPS) is 11.0. The van der Waals surface area contributed by atoms with Gasteiger partial charge in [-0.1, -0.05) is 20.8 Å². The minimum atomic E-state index is -0.548. The van der Waals surface area contributed by atoms with Crippen molar-refractivity contribution in [3.05, 3.63) is 53.5 Å². The number of rotatable bonds is 2. The van der Waals surface area contributed by atoms with Crippen LogP contribution < -0.4 is 10.9 Å². The Bertz CT molecular complexity index is 685. The SMILES string of the molecule is CC(C)(C)c1cc(C(=O)NNC(=O)c2ccco2)ccc1O. The van der Waals surface area contributed by atoms with Gasteiger partial charge in [0.2, 0.25) is 0 Å². The van der Waals surface area contributed by atoms with Crippen molar-refractivity contribution >= 4 is 11.8 Å². The molecular weight excluding hydrogens is 284 g/mol. The first-order valence-electron chi connectivity index (χ1n) is 6.77. The topological polar surface area (TPSA) is 91.6 Å². The summed E-state index contributed by atoms with van der Waals surface area (Å²) in [5.74, 6) is -0.802. The Morgan fingerprint density at radius 3 is 2.36 bits per heavy atom. The van der Waals surface area contributed by atoms with Crippen LogP contribution in [0, 0.1) is 0 Å². The van der Waals surface area contributed by atoms with Crippen LogP contribution in [0.5, 0.6) is 5.75 Å². The number of amides is 2. The maximum absolute atomic E-state index is 12.1. The van der Waals surface area contributed by atoms with Crippen molar-refractivity contribution in [3.63, 3.8) is 0 Å². The van der Waals surface area contributed by atoms with E-state index in [1.54, 1.807) is 12.1 Å². The number of nitrogens with one attached hydrogen (secondary N) is 2. The van der Waals surface area contributed by atoms with Gasteiger partial charge in [-0.25, -0.2) is 0 Å². The van der Waals surface area contributed by atoms with Crippen LogP contribution in [0.3, 0.4) is 0 Å². The molecular formula is C16H18N2O4. The standard InChI is InChI=1S/C16H18N2O4/c1-16(2,3)11-9-10(6-7-12(11)19)14(20)17-18-15(21)13-5-4-8-22-13/h4-9,19H,1-3H3,(H,17,20)(H,18,21). The van der Waals surface area contributed by atoms with Crippen molar-refractivity contribution < 1.29 is 19.1 Å². The predicted octanol–water partition coefficient (Wildman–Crippen LogP) is 2.36. The number of hydrogen-bond donors (Lipinski definition) is 3. The Morgan fingerprint density at radius 1 is 1.09 bits per heavy atom. The van der Waals surface area contributed by atoms with Crippen LogP contribution in [0.25, 0.3) is 0 Å². The molecule has 0 saturated carbocycles. The first kappa shape index (κ1) is 15.6. The van der Waals surface area contributed by atoms with Crippen LogP contribution in [0.4, 0.5) is 0 Å². The highest BCUT2D eigenvalue weighted by molar-refractivity contribution is 5.98. The van der Waals surface area contributed by atoms with Gasteiger partial charge >= 0.3 is 5.91 Å². The highest BCUT2D eigenvalue weighted by Crippen LogP contribution is 2.31. The summed E-state index contributed by atoms with van der Waals surface area (Å²) in [6.45, 7) is 5.80. The molecule has 6 heteroatoms. The molecule has 0 aliphatic heterocycles. The number of phenols is 1. The lowest BCUT2D eigenvalue weighted by atomic mass is 9.85. The minimum absolute atomic E-state index is 0.0985. The zero-order valence-electron chi connectivity index (χ0n) is 12.6. The van der Waals surface area contributed by atoms with Crippen molar-refractivity contribution in [2.24, 2.45) is 0 Å². The second kappa shape index (κ2) is 5.93. The van der Waals surface area contributed by atoms with Crippen LogP contribution >= 0.6 is 0 Å². The molecule has 6 nitrogen and oxygen atoms in total. The number of phenolic OH excluding ortho intramolecular Hbond substituents is 1. The van der Waals surface area contributed by atoms with E-state index in [1.807, 2.05) is 20.8 Å². The number of carbonyl (C=O) groups excluding carboxylic acids is 2. The third-order valence-electron chi connectivity index (χ3n) is 3.10. The van der Waals surface area contributed by atoms with Gasteiger partial charge in [0.05, 0.1) is 6.26 Å². The lowest BCUT2D eigenvalue weighted by Crippen LogP contribution is -2.41. The second-order valence-electron chi connectivity index (χ2n) is 5.87. The molecule has 1 heterocycles. The summed E-state index contributed by atoms with van der Waals surface area (Å²) in [4.78, 5) is 23.7. The van der Waals surface area contributed by atoms with Crippen molar-refractivity contribution in [3.8, 4) is 5.75 Å². The first-order chi connectivity index (χ1) is 10.3. The molecule has 0 atom stereocenters. The molecule has 1 aromatic heterocycles. The molecule has 0 radical (unpaired) electrons. The number of carbonyl (C=O) groups is 2. The predicted molar refractivity (Wildman–Crippen MR) is 80.4 cm³/mol. The third kappa shape index (κ3) is 3.46. The van der Waals surface area contributed by atoms with Crippen LogP contribution in [-0.4, -0.2) is 16.9 Å². The number of hydrazine groups is 1. The smallest absolute Gasteiger partial charge is 0.305 e. The fourth-order valence-electron chi connectivity index (χ4n) is 1.93. The molecule has 116 valence electrons. The Balaban J connectivity index is 2.09. The van der Waals surface area contributed by atoms with E-state index < -0.39 is 11.8 Å². The van der Waals surface area contributed by atoms with Crippen molar-refractivity contribution in [1.29, 1.82) is 0 Å². The fourth-order valence-corrected chi connectivity index (χ4v) is 1.93. The van der Waals surface area contributed by atoms with Gasteiger partial charge in [0.25, 0.3) is 5.91 Å². The molecule has 0 saturated heterocycles. The third-order valence-corrected chi connectivity index (χ3v) is 3.10. The number of benzene rings is 1. The van der Waals surface area contributed by atoms with E-state index >= 15 is 0 Å². The van der Waals surface area contributed by atoms with E-state index in [0.29, 0.717) is 11.1 Å². The highest BCUT2D eigenvalue weighted by Gasteiger charge is 2.20. The zero-order chi connectivity index (χ0) is 16.3. The van der Waals surface area contributed by atoms with E-state index in [-0.39, 0.29) is 16.9 Å². The Labute approximate surface area is 128 Å². The zero-order valence-corrected chi connectivity index (χ0v) is 12.6. The highest BCUT2D eigenvalue weighted by atomic mass is 16.3. The Hall–Kier alpha value is -2.76. The average Bonchev–Trinajstić information content (AvgIpc) is 2.97. The van der Waals surface area contributed by atoms with Crippen LogP contribution in [0.15, 0.2) is 41.0 Å². The minimum Gasteiger partial charge on any atom is -0.508 e. The first-order valence-corrected chi connectivity index (χ1v) is 6.77. The number of aromatic hydroxyl groups is 1. The fraction of sp³-hybridized carbons (Fsp3) is 0.250. The van der Waals surface area contributed by atoms with Gasteiger partial charge in [0.1, 0.15) is 5.75 Å². The van der Waals surface area contributed by atoms with Gasteiger partial charge < -0.3 is 9.52 Å². The summed E-state index contributed by atoms with van der Waals surface area (Å²) in [6.07, 6.45) is 1.37. The molecule has 0 aliphatic rings. The van der Waals surface area contributed by atoms with Gasteiger partial charge in [-0.3, -0.25) is 20.4 Å². The van der Waals surface area contributed by atoms with E-state index in [9.17, 15) is 14.7 Å². The summed E-state index contributed by atoms with van der Waals surface area (Å²) in [7, 11) is 0. The summed E-state index contributed by atoms with van der Waals surface area (Å²) < 4.78 is 4.92. The van der Waals surface area contributed by atoms with Gasteiger partial charge in [-0.2, -0.15) is 0 Å². The maximum Gasteiger partial charge on any atom is 0.305 e. The van der Waals surface area contributed by atoms with Crippen LogP contribution in [-0.2, 0) is 5.41 Å². The van der Waals surface area contributed by atoms with Crippen molar-refractivity contribution in [1.82, 2.24) is 10.9 Å².